The van der Waals surface area contributed by atoms with Crippen LogP contribution < -0.4 is 10.6 Å². The van der Waals surface area contributed by atoms with Crippen LogP contribution in [0.15, 0.2) is 60.6 Å². The molecule has 0 radical (unpaired) electrons. The van der Waals surface area contributed by atoms with Crippen molar-refractivity contribution in [3.8, 4) is 0 Å². The van der Waals surface area contributed by atoms with Gasteiger partial charge in [0.2, 0.25) is 0 Å². The molecule has 1 aliphatic rings. The molecule has 1 fully saturated rings. The van der Waals surface area contributed by atoms with Crippen molar-refractivity contribution in [2.75, 3.05) is 0 Å². The van der Waals surface area contributed by atoms with Gasteiger partial charge >= 0.3 is 6.03 Å². The van der Waals surface area contributed by atoms with E-state index in [2.05, 4.69) is 10.6 Å². The lowest BCUT2D eigenvalue weighted by atomic mass is 9.83. The second-order valence-electron chi connectivity index (χ2n) is 4.31. The summed E-state index contributed by atoms with van der Waals surface area (Å²) >= 11 is 0. The third kappa shape index (κ3) is 1.69. The minimum atomic E-state index is -1.23. The molecule has 0 saturated carbocycles. The number of benzene rings is 2. The number of hydrogen-bond acceptors (Lipinski definition) is 2. The molecule has 3 amide bonds. The van der Waals surface area contributed by atoms with Crippen LogP contribution in [0.25, 0.3) is 0 Å². The standard InChI is InChI=1S/C15H12N2O2/c18-13-15(17-14(19)16-13,11-7-3-1-4-8-11)12-9-5-2-6-10-12/h1-10H,(H2,16,17,18,19)/i1D. The fourth-order valence-electron chi connectivity index (χ4n) is 2.35. The summed E-state index contributed by atoms with van der Waals surface area (Å²) < 4.78 is 7.53. The van der Waals surface area contributed by atoms with Crippen LogP contribution in [-0.2, 0) is 10.3 Å². The molecule has 1 heterocycles. The van der Waals surface area contributed by atoms with E-state index < -0.39 is 17.5 Å². The fraction of sp³-hybridized carbons (Fsp3) is 0.0667. The molecular weight excluding hydrogens is 240 g/mol. The van der Waals surface area contributed by atoms with Crippen molar-refractivity contribution < 1.29 is 11.0 Å². The summed E-state index contributed by atoms with van der Waals surface area (Å²) in [5, 5.41) is 4.99. The Balaban J connectivity index is 2.21. The minimum Gasteiger partial charge on any atom is -0.316 e. The molecule has 0 aromatic heterocycles. The molecule has 4 nitrogen and oxygen atoms in total. The number of nitrogens with one attached hydrogen (secondary N) is 2. The Morgan fingerprint density at radius 3 is 2.00 bits per heavy atom. The Labute approximate surface area is 111 Å². The Hall–Kier alpha value is -2.62. The van der Waals surface area contributed by atoms with Crippen molar-refractivity contribution in [3.63, 3.8) is 0 Å². The largest absolute Gasteiger partial charge is 0.322 e. The first-order valence-corrected chi connectivity index (χ1v) is 5.89. The zero-order chi connectivity index (χ0) is 14.2. The topological polar surface area (TPSA) is 58.2 Å². The van der Waals surface area contributed by atoms with Gasteiger partial charge in [0.25, 0.3) is 5.91 Å². The molecule has 4 heteroatoms. The quantitative estimate of drug-likeness (QED) is 0.801. The molecule has 2 N–H and O–H groups in total. The van der Waals surface area contributed by atoms with E-state index in [0.29, 0.717) is 17.2 Å². The van der Waals surface area contributed by atoms with Gasteiger partial charge in [-0.25, -0.2) is 4.79 Å². The molecule has 1 aliphatic heterocycles. The van der Waals surface area contributed by atoms with Crippen LogP contribution in [0.3, 0.4) is 0 Å². The average Bonchev–Trinajstić information content (AvgIpc) is 2.76. The summed E-state index contributed by atoms with van der Waals surface area (Å²) in [5.41, 5.74) is 0.0793. The Morgan fingerprint density at radius 2 is 1.47 bits per heavy atom. The molecule has 1 unspecified atom stereocenters. The highest BCUT2D eigenvalue weighted by atomic mass is 16.2. The van der Waals surface area contributed by atoms with E-state index in [1.807, 2.05) is 18.2 Å². The van der Waals surface area contributed by atoms with Crippen molar-refractivity contribution in [2.45, 2.75) is 5.54 Å². The number of imide groups is 1. The summed E-state index contributed by atoms with van der Waals surface area (Å²) in [6.45, 7) is 0. The van der Waals surface area contributed by atoms with Gasteiger partial charge in [-0.15, -0.1) is 0 Å². The monoisotopic (exact) mass is 253 g/mol. The molecule has 0 spiro atoms. The lowest BCUT2D eigenvalue weighted by Crippen LogP contribution is -2.44. The Morgan fingerprint density at radius 1 is 0.895 bits per heavy atom. The third-order valence-electron chi connectivity index (χ3n) is 3.23. The van der Waals surface area contributed by atoms with Crippen molar-refractivity contribution >= 4 is 11.9 Å². The number of carbonyl (C=O) groups is 2. The predicted octanol–water partition coefficient (Wildman–Crippen LogP) is 1.77. The smallest absolute Gasteiger partial charge is 0.316 e. The first-order valence-electron chi connectivity index (χ1n) is 6.39. The maximum Gasteiger partial charge on any atom is 0.322 e. The number of amides is 3. The first-order chi connectivity index (χ1) is 9.63. The van der Waals surface area contributed by atoms with Gasteiger partial charge in [-0.05, 0) is 11.1 Å². The molecular formula is C15H12N2O2. The second kappa shape index (κ2) is 4.24. The van der Waals surface area contributed by atoms with E-state index in [-0.39, 0.29) is 0 Å². The number of hydrogen-bond donors (Lipinski definition) is 2. The van der Waals surface area contributed by atoms with E-state index in [1.54, 1.807) is 36.4 Å². The zero-order valence-electron chi connectivity index (χ0n) is 11.0. The summed E-state index contributed by atoms with van der Waals surface area (Å²) in [6.07, 6.45) is 0. The SMILES string of the molecule is [2H]c1ccc(C2(c3ccccc3)NC(=O)NC2=O)cc1. The second-order valence-corrected chi connectivity index (χ2v) is 4.31. The summed E-state index contributed by atoms with van der Waals surface area (Å²) in [7, 11) is 0. The molecule has 1 atom stereocenters. The van der Waals surface area contributed by atoms with Crippen molar-refractivity contribution in [1.82, 2.24) is 10.6 Å². The Bertz CT molecular complexity index is 670. The molecule has 0 aliphatic carbocycles. The van der Waals surface area contributed by atoms with Gasteiger partial charge in [0.1, 0.15) is 0 Å². The van der Waals surface area contributed by atoms with Crippen LogP contribution in [0.4, 0.5) is 4.79 Å². The van der Waals surface area contributed by atoms with Crippen LogP contribution >= 0.6 is 0 Å². The number of rotatable bonds is 2. The van der Waals surface area contributed by atoms with E-state index in [4.69, 9.17) is 1.37 Å². The molecule has 0 bridgehead atoms. The fourth-order valence-corrected chi connectivity index (χ4v) is 2.35. The van der Waals surface area contributed by atoms with Crippen molar-refractivity contribution in [3.05, 3.63) is 71.8 Å². The van der Waals surface area contributed by atoms with Crippen LogP contribution in [0.1, 0.15) is 12.5 Å². The van der Waals surface area contributed by atoms with E-state index in [0.717, 1.165) is 0 Å². The van der Waals surface area contributed by atoms with Crippen molar-refractivity contribution in [2.24, 2.45) is 0 Å². The number of urea groups is 1. The molecule has 94 valence electrons. The van der Waals surface area contributed by atoms with E-state index in [9.17, 15) is 9.59 Å². The van der Waals surface area contributed by atoms with Gasteiger partial charge in [-0.3, -0.25) is 10.1 Å². The van der Waals surface area contributed by atoms with Gasteiger partial charge in [0.15, 0.2) is 5.54 Å². The molecule has 2 aromatic rings. The Kier molecular flexibility index (Phi) is 2.30. The minimum absolute atomic E-state index is 0.349. The van der Waals surface area contributed by atoms with Crippen molar-refractivity contribution in [1.29, 1.82) is 0 Å². The van der Waals surface area contributed by atoms with Crippen LogP contribution in [0.2, 0.25) is 0 Å². The van der Waals surface area contributed by atoms with Gasteiger partial charge in [0.05, 0.1) is 1.37 Å². The number of carbonyl (C=O) groups excluding carboxylic acids is 2. The highest BCUT2D eigenvalue weighted by Crippen LogP contribution is 2.32. The predicted molar refractivity (Wildman–Crippen MR) is 70.3 cm³/mol. The summed E-state index contributed by atoms with van der Waals surface area (Å²) in [6, 6.07) is 15.4. The zero-order valence-corrected chi connectivity index (χ0v) is 10.0. The lowest BCUT2D eigenvalue weighted by Gasteiger charge is -2.27. The lowest BCUT2D eigenvalue weighted by molar-refractivity contribution is -0.122. The highest BCUT2D eigenvalue weighted by molar-refractivity contribution is 6.09. The summed E-state index contributed by atoms with van der Waals surface area (Å²) in [4.78, 5) is 24.0. The molecule has 2 aromatic carbocycles. The summed E-state index contributed by atoms with van der Waals surface area (Å²) in [5.74, 6) is -0.411. The van der Waals surface area contributed by atoms with Crippen LogP contribution in [-0.4, -0.2) is 11.9 Å². The highest BCUT2D eigenvalue weighted by Gasteiger charge is 2.48. The molecule has 19 heavy (non-hydrogen) atoms. The van der Waals surface area contributed by atoms with Gasteiger partial charge < -0.3 is 5.32 Å². The van der Waals surface area contributed by atoms with Gasteiger partial charge in [-0.2, -0.15) is 0 Å². The van der Waals surface area contributed by atoms with E-state index in [1.165, 1.54) is 0 Å². The maximum atomic E-state index is 12.4. The van der Waals surface area contributed by atoms with Gasteiger partial charge in [-0.1, -0.05) is 60.6 Å². The normalized spacial score (nSPS) is 22.6. The first kappa shape index (κ1) is 10.3. The van der Waals surface area contributed by atoms with Crippen LogP contribution in [0.5, 0.6) is 0 Å². The van der Waals surface area contributed by atoms with Crippen LogP contribution in [0, 0.1) is 0 Å². The third-order valence-corrected chi connectivity index (χ3v) is 3.23. The van der Waals surface area contributed by atoms with Gasteiger partial charge in [0, 0.05) is 0 Å². The average molecular weight is 253 g/mol. The molecule has 1 saturated heterocycles. The molecule has 3 rings (SSSR count). The van der Waals surface area contributed by atoms with E-state index >= 15 is 0 Å². The maximum absolute atomic E-state index is 12.4.